The van der Waals surface area contributed by atoms with E-state index in [-0.39, 0.29) is 0 Å². The van der Waals surface area contributed by atoms with Crippen LogP contribution in [0.4, 0.5) is 0 Å². The van der Waals surface area contributed by atoms with Crippen molar-refractivity contribution in [2.75, 3.05) is 7.11 Å². The monoisotopic (exact) mass is 300 g/mol. The number of nitrogens with zero attached hydrogens (tertiary/aromatic N) is 3. The zero-order chi connectivity index (χ0) is 15.4. The molecular weight excluding hydrogens is 276 g/mol. The van der Waals surface area contributed by atoms with E-state index in [1.165, 1.54) is 31.2 Å². The van der Waals surface area contributed by atoms with Crippen LogP contribution in [0.25, 0.3) is 0 Å². The maximum absolute atomic E-state index is 5.57. The second-order valence-electron chi connectivity index (χ2n) is 5.94. The van der Waals surface area contributed by atoms with Crippen molar-refractivity contribution >= 4 is 0 Å². The molecule has 5 nitrogen and oxygen atoms in total. The maximum Gasteiger partial charge on any atom is 0.140 e. The third kappa shape index (κ3) is 3.14. The molecule has 1 aliphatic rings. The maximum atomic E-state index is 5.57. The van der Waals surface area contributed by atoms with Crippen LogP contribution in [0, 0.1) is 5.92 Å². The number of rotatable bonds is 6. The minimum Gasteiger partial charge on any atom is -0.496 e. The molecule has 118 valence electrons. The van der Waals surface area contributed by atoms with Gasteiger partial charge in [0, 0.05) is 18.7 Å². The molecule has 1 N–H and O–H groups in total. The minimum atomic E-state index is 0.301. The number of aryl methyl sites for hydroxylation is 1. The summed E-state index contributed by atoms with van der Waals surface area (Å²) in [6.07, 6.45) is 6.79. The van der Waals surface area contributed by atoms with E-state index in [1.807, 2.05) is 23.9 Å². The fourth-order valence-electron chi connectivity index (χ4n) is 3.43. The Balaban J connectivity index is 1.82. The Morgan fingerprint density at radius 2 is 2.09 bits per heavy atom. The summed E-state index contributed by atoms with van der Waals surface area (Å²) in [4.78, 5) is 4.31. The first-order chi connectivity index (χ1) is 10.8. The molecule has 1 fully saturated rings. The molecule has 1 saturated carbocycles. The molecule has 1 aromatic heterocycles. The van der Waals surface area contributed by atoms with Crippen molar-refractivity contribution in [2.24, 2.45) is 13.0 Å². The van der Waals surface area contributed by atoms with Gasteiger partial charge in [0.25, 0.3) is 0 Å². The summed E-state index contributed by atoms with van der Waals surface area (Å²) in [6, 6.07) is 8.63. The van der Waals surface area contributed by atoms with Crippen molar-refractivity contribution in [1.29, 1.82) is 0 Å². The van der Waals surface area contributed by atoms with Crippen molar-refractivity contribution in [3.8, 4) is 5.75 Å². The lowest BCUT2D eigenvalue weighted by atomic mass is 9.91. The first kappa shape index (κ1) is 15.0. The highest BCUT2D eigenvalue weighted by atomic mass is 16.5. The molecule has 0 saturated heterocycles. The number of para-hydroxylation sites is 1. The fraction of sp³-hybridized carbons (Fsp3) is 0.529. The number of methoxy groups -OCH3 is 1. The second kappa shape index (κ2) is 6.92. The van der Waals surface area contributed by atoms with Crippen LogP contribution >= 0.6 is 0 Å². The van der Waals surface area contributed by atoms with Gasteiger partial charge in [0.05, 0.1) is 13.7 Å². The fourth-order valence-corrected chi connectivity index (χ4v) is 3.43. The molecule has 1 heterocycles. The number of aromatic nitrogens is 3. The summed E-state index contributed by atoms with van der Waals surface area (Å²) in [7, 11) is 3.67. The molecule has 5 heteroatoms. The SMILES string of the molecule is COc1ccccc1[C@@H](NCc1ncnn1C)C1CCCC1. The van der Waals surface area contributed by atoms with Crippen LogP contribution in [0.1, 0.15) is 43.1 Å². The highest BCUT2D eigenvalue weighted by Gasteiger charge is 2.28. The van der Waals surface area contributed by atoms with E-state index in [2.05, 4.69) is 27.5 Å². The standard InChI is InChI=1S/C17H24N4O/c1-21-16(19-12-20-21)11-18-17(13-7-3-4-8-13)14-9-5-6-10-15(14)22-2/h5-6,9-10,12-13,17-18H,3-4,7-8,11H2,1-2H3/t17-/m0/s1. The van der Waals surface area contributed by atoms with Crippen LogP contribution < -0.4 is 10.1 Å². The van der Waals surface area contributed by atoms with Gasteiger partial charge in [0.1, 0.15) is 17.9 Å². The third-order valence-electron chi connectivity index (χ3n) is 4.63. The predicted molar refractivity (Wildman–Crippen MR) is 85.5 cm³/mol. The van der Waals surface area contributed by atoms with E-state index in [1.54, 1.807) is 13.4 Å². The summed E-state index contributed by atoms with van der Waals surface area (Å²) in [6.45, 7) is 0.718. The Hall–Kier alpha value is -1.88. The third-order valence-corrected chi connectivity index (χ3v) is 4.63. The Kier molecular flexibility index (Phi) is 4.73. The molecule has 0 amide bonds. The average molecular weight is 300 g/mol. The Morgan fingerprint density at radius 3 is 2.77 bits per heavy atom. The van der Waals surface area contributed by atoms with Gasteiger partial charge in [0.2, 0.25) is 0 Å². The molecule has 0 unspecified atom stereocenters. The average Bonchev–Trinajstić information content (AvgIpc) is 3.20. The van der Waals surface area contributed by atoms with Crippen molar-refractivity contribution in [2.45, 2.75) is 38.3 Å². The predicted octanol–water partition coefficient (Wildman–Crippen LogP) is 2.84. The molecule has 0 spiro atoms. The largest absolute Gasteiger partial charge is 0.496 e. The molecule has 1 atom stereocenters. The number of nitrogens with one attached hydrogen (secondary N) is 1. The second-order valence-corrected chi connectivity index (χ2v) is 5.94. The van der Waals surface area contributed by atoms with Crippen molar-refractivity contribution < 1.29 is 4.74 Å². The summed E-state index contributed by atoms with van der Waals surface area (Å²) >= 11 is 0. The van der Waals surface area contributed by atoms with Crippen molar-refractivity contribution in [3.63, 3.8) is 0 Å². The molecule has 1 aliphatic carbocycles. The summed E-state index contributed by atoms with van der Waals surface area (Å²) in [5.74, 6) is 2.58. The van der Waals surface area contributed by atoms with E-state index < -0.39 is 0 Å². The highest BCUT2D eigenvalue weighted by Crippen LogP contribution is 2.39. The highest BCUT2D eigenvalue weighted by molar-refractivity contribution is 5.36. The van der Waals surface area contributed by atoms with E-state index in [0.717, 1.165) is 18.1 Å². The molecule has 0 bridgehead atoms. The summed E-state index contributed by atoms with van der Waals surface area (Å²) in [5, 5.41) is 7.83. The Bertz CT molecular complexity index is 604. The van der Waals surface area contributed by atoms with Crippen molar-refractivity contribution in [3.05, 3.63) is 42.0 Å². The normalized spacial score (nSPS) is 16.8. The van der Waals surface area contributed by atoms with E-state index in [0.29, 0.717) is 12.0 Å². The minimum absolute atomic E-state index is 0.301. The molecule has 3 rings (SSSR count). The van der Waals surface area contributed by atoms with Gasteiger partial charge in [-0.1, -0.05) is 31.0 Å². The number of benzene rings is 1. The van der Waals surface area contributed by atoms with E-state index in [9.17, 15) is 0 Å². The van der Waals surface area contributed by atoms with Gasteiger partial charge < -0.3 is 10.1 Å². The topological polar surface area (TPSA) is 52.0 Å². The zero-order valence-corrected chi connectivity index (χ0v) is 13.3. The lowest BCUT2D eigenvalue weighted by molar-refractivity contribution is 0.339. The van der Waals surface area contributed by atoms with Crippen LogP contribution in [0.2, 0.25) is 0 Å². The first-order valence-electron chi connectivity index (χ1n) is 7.98. The van der Waals surface area contributed by atoms with Gasteiger partial charge in [-0.15, -0.1) is 0 Å². The quantitative estimate of drug-likeness (QED) is 0.891. The van der Waals surface area contributed by atoms with E-state index >= 15 is 0 Å². The van der Waals surface area contributed by atoms with Gasteiger partial charge in [-0.05, 0) is 24.8 Å². The van der Waals surface area contributed by atoms with Crippen LogP contribution in [0.5, 0.6) is 5.75 Å². The van der Waals surface area contributed by atoms with Gasteiger partial charge in [-0.3, -0.25) is 4.68 Å². The van der Waals surface area contributed by atoms with Crippen LogP contribution in [-0.2, 0) is 13.6 Å². The number of ether oxygens (including phenoxy) is 1. The van der Waals surface area contributed by atoms with Gasteiger partial charge in [-0.25, -0.2) is 4.98 Å². The summed E-state index contributed by atoms with van der Waals surface area (Å²) in [5.41, 5.74) is 1.25. The lowest BCUT2D eigenvalue weighted by Gasteiger charge is -2.26. The number of hydrogen-bond acceptors (Lipinski definition) is 4. The Labute approximate surface area is 131 Å². The molecule has 1 aromatic carbocycles. The molecule has 2 aromatic rings. The van der Waals surface area contributed by atoms with Gasteiger partial charge in [-0.2, -0.15) is 5.10 Å². The van der Waals surface area contributed by atoms with Gasteiger partial charge >= 0.3 is 0 Å². The van der Waals surface area contributed by atoms with Crippen molar-refractivity contribution in [1.82, 2.24) is 20.1 Å². The zero-order valence-electron chi connectivity index (χ0n) is 13.3. The van der Waals surface area contributed by atoms with Gasteiger partial charge in [0.15, 0.2) is 0 Å². The van der Waals surface area contributed by atoms with Crippen LogP contribution in [0.3, 0.4) is 0 Å². The summed E-state index contributed by atoms with van der Waals surface area (Å²) < 4.78 is 7.39. The molecule has 22 heavy (non-hydrogen) atoms. The van der Waals surface area contributed by atoms with Crippen LogP contribution in [-0.4, -0.2) is 21.9 Å². The lowest BCUT2D eigenvalue weighted by Crippen LogP contribution is -2.28. The molecular formula is C17H24N4O. The molecule has 0 radical (unpaired) electrons. The van der Waals surface area contributed by atoms with E-state index in [4.69, 9.17) is 4.74 Å². The number of hydrogen-bond donors (Lipinski definition) is 1. The molecule has 0 aliphatic heterocycles. The Morgan fingerprint density at radius 1 is 1.32 bits per heavy atom. The first-order valence-corrected chi connectivity index (χ1v) is 7.98. The smallest absolute Gasteiger partial charge is 0.140 e. The van der Waals surface area contributed by atoms with Crippen LogP contribution in [0.15, 0.2) is 30.6 Å².